The summed E-state index contributed by atoms with van der Waals surface area (Å²) in [6.45, 7) is 0.511. The maximum atomic E-state index is 12.0. The van der Waals surface area contributed by atoms with E-state index in [1.165, 1.54) is 0 Å². The molecule has 0 saturated carbocycles. The lowest BCUT2D eigenvalue weighted by molar-refractivity contribution is -0.194. The van der Waals surface area contributed by atoms with Crippen LogP contribution in [0.4, 0.5) is 26.3 Å². The first-order valence-corrected chi connectivity index (χ1v) is 4.31. The van der Waals surface area contributed by atoms with Gasteiger partial charge in [0, 0.05) is 0 Å². The molecule has 0 atom stereocenters. The van der Waals surface area contributed by atoms with Crippen molar-refractivity contribution in [2.75, 3.05) is 6.61 Å². The van der Waals surface area contributed by atoms with Gasteiger partial charge >= 0.3 is 18.3 Å². The van der Waals surface area contributed by atoms with E-state index in [4.69, 9.17) is 0 Å². The molecule has 0 saturated heterocycles. The van der Waals surface area contributed by atoms with Gasteiger partial charge in [-0.1, -0.05) is 0 Å². The third-order valence-corrected chi connectivity index (χ3v) is 1.61. The normalized spacial score (nSPS) is 12.4. The van der Waals surface area contributed by atoms with Crippen molar-refractivity contribution in [1.82, 2.24) is 0 Å². The molecule has 0 N–H and O–H groups in total. The summed E-state index contributed by atoms with van der Waals surface area (Å²) in [4.78, 5) is 32.1. The molecule has 0 aliphatic heterocycles. The van der Waals surface area contributed by atoms with Gasteiger partial charge in [0.05, 0.1) is 6.61 Å². The number of halogens is 6. The highest BCUT2D eigenvalue weighted by Crippen LogP contribution is 2.28. The smallest absolute Gasteiger partial charge is 0.451 e. The van der Waals surface area contributed by atoms with E-state index >= 15 is 0 Å². The van der Waals surface area contributed by atoms with Crippen LogP contribution in [0.2, 0.25) is 0 Å². The fraction of sp³-hybridized carbons (Fsp3) is 0.625. The van der Waals surface area contributed by atoms with Gasteiger partial charge in [0.15, 0.2) is 5.92 Å². The van der Waals surface area contributed by atoms with E-state index in [2.05, 4.69) is 4.74 Å². The Morgan fingerprint density at radius 3 is 1.50 bits per heavy atom. The zero-order valence-electron chi connectivity index (χ0n) is 8.69. The molecule has 0 aliphatic carbocycles. The maximum absolute atomic E-state index is 12.0. The Balaban J connectivity index is 5.40. The molecule has 0 aromatic rings. The Labute approximate surface area is 95.9 Å². The molecule has 10 heteroatoms. The van der Waals surface area contributed by atoms with E-state index in [1.807, 2.05) is 0 Å². The summed E-state index contributed by atoms with van der Waals surface area (Å²) in [6, 6.07) is 0. The summed E-state index contributed by atoms with van der Waals surface area (Å²) >= 11 is 0. The van der Waals surface area contributed by atoms with Crippen LogP contribution in [0.1, 0.15) is 6.92 Å². The molecule has 104 valence electrons. The first-order valence-electron chi connectivity index (χ1n) is 4.31. The molecular weight excluding hydrogens is 274 g/mol. The van der Waals surface area contributed by atoms with Crippen LogP contribution in [0.5, 0.6) is 0 Å². The number of esters is 1. The fourth-order valence-corrected chi connectivity index (χ4v) is 0.886. The Kier molecular flexibility index (Phi) is 4.88. The predicted molar refractivity (Wildman–Crippen MR) is 42.2 cm³/mol. The zero-order valence-corrected chi connectivity index (χ0v) is 8.69. The fourth-order valence-electron chi connectivity index (χ4n) is 0.886. The van der Waals surface area contributed by atoms with Gasteiger partial charge in [-0.25, -0.2) is 0 Å². The van der Waals surface area contributed by atoms with Gasteiger partial charge in [-0.05, 0) is 6.92 Å². The van der Waals surface area contributed by atoms with Crippen LogP contribution in [0, 0.1) is 5.92 Å². The number of ether oxygens (including phenoxy) is 1. The van der Waals surface area contributed by atoms with Crippen molar-refractivity contribution >= 4 is 17.5 Å². The van der Waals surface area contributed by atoms with Crippen molar-refractivity contribution in [1.29, 1.82) is 0 Å². The van der Waals surface area contributed by atoms with Crippen LogP contribution in [0.3, 0.4) is 0 Å². The summed E-state index contributed by atoms with van der Waals surface area (Å²) in [6.07, 6.45) is -11.5. The van der Waals surface area contributed by atoms with Crippen LogP contribution >= 0.6 is 0 Å². The van der Waals surface area contributed by atoms with Crippen LogP contribution in [0.25, 0.3) is 0 Å². The van der Waals surface area contributed by atoms with Gasteiger partial charge in [-0.3, -0.25) is 14.4 Å². The molecule has 0 aromatic heterocycles. The molecule has 0 fully saturated rings. The molecule has 4 nitrogen and oxygen atoms in total. The number of hydrogen-bond donors (Lipinski definition) is 0. The highest BCUT2D eigenvalue weighted by atomic mass is 19.4. The topological polar surface area (TPSA) is 60.4 Å². The summed E-state index contributed by atoms with van der Waals surface area (Å²) in [5.74, 6) is -12.0. The Hall–Kier alpha value is -1.61. The van der Waals surface area contributed by atoms with E-state index in [-0.39, 0.29) is 0 Å². The third-order valence-electron chi connectivity index (χ3n) is 1.61. The average Bonchev–Trinajstić information content (AvgIpc) is 2.15. The Morgan fingerprint density at radius 2 is 1.28 bits per heavy atom. The highest BCUT2D eigenvalue weighted by Gasteiger charge is 2.57. The molecule has 0 bridgehead atoms. The van der Waals surface area contributed by atoms with Crippen LogP contribution < -0.4 is 0 Å². The van der Waals surface area contributed by atoms with Gasteiger partial charge in [-0.2, -0.15) is 26.3 Å². The molecule has 0 heterocycles. The Morgan fingerprint density at radius 1 is 0.944 bits per heavy atom. The first kappa shape index (κ1) is 16.4. The lowest BCUT2D eigenvalue weighted by Gasteiger charge is -2.16. The average molecular weight is 280 g/mol. The molecule has 0 aromatic carbocycles. The van der Waals surface area contributed by atoms with E-state index in [0.29, 0.717) is 0 Å². The van der Waals surface area contributed by atoms with Crippen molar-refractivity contribution in [3.63, 3.8) is 0 Å². The maximum Gasteiger partial charge on any atom is 0.451 e. The minimum absolute atomic E-state index is 0.578. The van der Waals surface area contributed by atoms with Crippen LogP contribution in [-0.4, -0.2) is 36.5 Å². The first-order chi connectivity index (χ1) is 7.92. The van der Waals surface area contributed by atoms with Gasteiger partial charge < -0.3 is 4.74 Å². The highest BCUT2D eigenvalue weighted by molar-refractivity contribution is 6.20. The predicted octanol–water partition coefficient (Wildman–Crippen LogP) is 1.43. The molecule has 0 amide bonds. The molecule has 0 unspecified atom stereocenters. The largest absolute Gasteiger partial charge is 0.465 e. The van der Waals surface area contributed by atoms with Crippen molar-refractivity contribution in [3.05, 3.63) is 0 Å². The number of rotatable bonds is 4. The quantitative estimate of drug-likeness (QED) is 0.444. The number of hydrogen-bond acceptors (Lipinski definition) is 4. The zero-order chi connectivity index (χ0) is 14.7. The minimum Gasteiger partial charge on any atom is -0.465 e. The molecule has 18 heavy (non-hydrogen) atoms. The summed E-state index contributed by atoms with van der Waals surface area (Å²) in [5.41, 5.74) is 0. The van der Waals surface area contributed by atoms with Gasteiger partial charge in [0.2, 0.25) is 0 Å². The summed E-state index contributed by atoms with van der Waals surface area (Å²) in [5, 5.41) is 0. The number of ketones is 2. The van der Waals surface area contributed by atoms with Gasteiger partial charge in [0.25, 0.3) is 11.6 Å². The summed E-state index contributed by atoms with van der Waals surface area (Å²) < 4.78 is 75.7. The van der Waals surface area contributed by atoms with E-state index in [9.17, 15) is 40.7 Å². The van der Waals surface area contributed by atoms with Crippen molar-refractivity contribution in [3.8, 4) is 0 Å². The number of Topliss-reactive ketones (excluding diaryl/α,β-unsaturated/α-hetero) is 2. The number of carbonyl (C=O) groups is 3. The van der Waals surface area contributed by atoms with E-state index in [0.717, 1.165) is 6.92 Å². The lowest BCUT2D eigenvalue weighted by atomic mass is 9.98. The second-order valence-electron chi connectivity index (χ2n) is 2.91. The SMILES string of the molecule is CCOC(=O)C(C(=O)C(F)(F)F)C(=O)C(F)(F)F. The van der Waals surface area contributed by atoms with E-state index < -0.39 is 42.4 Å². The van der Waals surface area contributed by atoms with E-state index in [1.54, 1.807) is 0 Å². The van der Waals surface area contributed by atoms with Crippen molar-refractivity contribution < 1.29 is 45.5 Å². The molecule has 0 radical (unpaired) electrons. The van der Waals surface area contributed by atoms with Gasteiger partial charge in [-0.15, -0.1) is 0 Å². The number of alkyl halides is 6. The molecule has 0 spiro atoms. The molecular formula is C8H6F6O4. The third kappa shape index (κ3) is 4.00. The monoisotopic (exact) mass is 280 g/mol. The van der Waals surface area contributed by atoms with Crippen molar-refractivity contribution in [2.45, 2.75) is 19.3 Å². The van der Waals surface area contributed by atoms with Gasteiger partial charge in [0.1, 0.15) is 0 Å². The molecule has 0 aliphatic rings. The lowest BCUT2D eigenvalue weighted by Crippen LogP contribution is -2.46. The second-order valence-corrected chi connectivity index (χ2v) is 2.91. The molecule has 0 rings (SSSR count). The van der Waals surface area contributed by atoms with Crippen LogP contribution in [-0.2, 0) is 19.1 Å². The standard InChI is InChI=1S/C8H6F6O4/c1-2-18-6(17)3(4(15)7(9,10)11)5(16)8(12,13)14/h3H,2H2,1H3. The van der Waals surface area contributed by atoms with Crippen molar-refractivity contribution in [2.24, 2.45) is 5.92 Å². The Bertz CT molecular complexity index is 330. The van der Waals surface area contributed by atoms with Crippen LogP contribution in [0.15, 0.2) is 0 Å². The summed E-state index contributed by atoms with van der Waals surface area (Å²) in [7, 11) is 0. The second kappa shape index (κ2) is 5.36. The number of carbonyl (C=O) groups excluding carboxylic acids is 3. The minimum atomic E-state index is -5.75.